The number of ether oxygens (including phenoxy) is 3. The Bertz CT molecular complexity index is 717. The highest BCUT2D eigenvalue weighted by Crippen LogP contribution is 2.40. The van der Waals surface area contributed by atoms with Crippen molar-refractivity contribution < 1.29 is 14.2 Å². The molecule has 0 bridgehead atoms. The molecule has 0 radical (unpaired) electrons. The summed E-state index contributed by atoms with van der Waals surface area (Å²) < 4.78 is 16.8. The predicted octanol–water partition coefficient (Wildman–Crippen LogP) is 3.39. The normalized spacial score (nSPS) is 22.7. The van der Waals surface area contributed by atoms with Crippen LogP contribution in [0.4, 0.5) is 0 Å². The zero-order valence-electron chi connectivity index (χ0n) is 17.1. The van der Waals surface area contributed by atoms with Crippen LogP contribution in [-0.2, 0) is 10.2 Å². The lowest BCUT2D eigenvalue weighted by molar-refractivity contribution is 0.0511. The lowest BCUT2D eigenvalue weighted by Gasteiger charge is -2.39. The molecule has 3 aliphatic rings. The van der Waals surface area contributed by atoms with Gasteiger partial charge in [-0.1, -0.05) is 19.9 Å². The SMILES string of the molecule is CN=C(NCC1(c2ccc3c(c2)OCO3)CCOCC1)N1CCC(C)(C)C1.I. The first kappa shape index (κ1) is 21.5. The fourth-order valence-electron chi connectivity index (χ4n) is 4.43. The molecule has 3 heterocycles. The van der Waals surface area contributed by atoms with Crippen LogP contribution in [0.3, 0.4) is 0 Å². The van der Waals surface area contributed by atoms with E-state index in [-0.39, 0.29) is 29.4 Å². The molecule has 7 heteroatoms. The van der Waals surface area contributed by atoms with Crippen LogP contribution in [0, 0.1) is 5.41 Å². The Labute approximate surface area is 185 Å². The van der Waals surface area contributed by atoms with E-state index in [1.54, 1.807) is 0 Å². The summed E-state index contributed by atoms with van der Waals surface area (Å²) in [6.07, 6.45) is 3.18. The second-order valence-corrected chi connectivity index (χ2v) is 8.70. The molecule has 156 valence electrons. The molecule has 2 saturated heterocycles. The highest BCUT2D eigenvalue weighted by atomic mass is 127. The van der Waals surface area contributed by atoms with E-state index < -0.39 is 0 Å². The third-order valence-electron chi connectivity index (χ3n) is 6.21. The smallest absolute Gasteiger partial charge is 0.231 e. The van der Waals surface area contributed by atoms with Crippen LogP contribution in [0.15, 0.2) is 23.2 Å². The molecular formula is C21H32IN3O3. The number of hydrogen-bond acceptors (Lipinski definition) is 4. The van der Waals surface area contributed by atoms with Gasteiger partial charge in [0.1, 0.15) is 0 Å². The first-order valence-corrected chi connectivity index (χ1v) is 9.95. The third-order valence-corrected chi connectivity index (χ3v) is 6.21. The van der Waals surface area contributed by atoms with Crippen molar-refractivity contribution in [3.05, 3.63) is 23.8 Å². The number of nitrogens with zero attached hydrogens (tertiary/aromatic N) is 2. The number of aliphatic imine (C=N–C) groups is 1. The summed E-state index contributed by atoms with van der Waals surface area (Å²) in [6, 6.07) is 6.37. The Morgan fingerprint density at radius 3 is 2.57 bits per heavy atom. The minimum atomic E-state index is 0. The Balaban J connectivity index is 0.00000225. The van der Waals surface area contributed by atoms with Crippen molar-refractivity contribution >= 4 is 29.9 Å². The second kappa shape index (κ2) is 8.65. The summed E-state index contributed by atoms with van der Waals surface area (Å²) in [5, 5.41) is 3.67. The number of likely N-dealkylation sites (tertiary alicyclic amines) is 1. The van der Waals surface area contributed by atoms with Gasteiger partial charge in [-0.15, -0.1) is 24.0 Å². The summed E-state index contributed by atoms with van der Waals surface area (Å²) in [4.78, 5) is 6.94. The predicted molar refractivity (Wildman–Crippen MR) is 121 cm³/mol. The molecule has 1 N–H and O–H groups in total. The molecule has 4 rings (SSSR count). The van der Waals surface area contributed by atoms with E-state index in [9.17, 15) is 0 Å². The quantitative estimate of drug-likeness (QED) is 0.391. The van der Waals surface area contributed by atoms with Gasteiger partial charge in [0.2, 0.25) is 6.79 Å². The first-order chi connectivity index (χ1) is 13.0. The van der Waals surface area contributed by atoms with Crippen molar-refractivity contribution in [2.45, 2.75) is 38.5 Å². The minimum Gasteiger partial charge on any atom is -0.454 e. The number of hydrogen-bond donors (Lipinski definition) is 1. The Kier molecular flexibility index (Phi) is 6.64. The van der Waals surface area contributed by atoms with Gasteiger partial charge in [0.05, 0.1) is 0 Å². The van der Waals surface area contributed by atoms with Crippen molar-refractivity contribution in [1.82, 2.24) is 10.2 Å². The molecule has 1 aromatic rings. The average molecular weight is 501 g/mol. The molecule has 2 fully saturated rings. The van der Waals surface area contributed by atoms with Crippen LogP contribution in [0.1, 0.15) is 38.7 Å². The third kappa shape index (κ3) is 4.35. The summed E-state index contributed by atoms with van der Waals surface area (Å²) in [7, 11) is 1.88. The molecule has 0 unspecified atom stereocenters. The second-order valence-electron chi connectivity index (χ2n) is 8.70. The molecule has 0 amide bonds. The zero-order valence-corrected chi connectivity index (χ0v) is 19.5. The van der Waals surface area contributed by atoms with E-state index in [0.29, 0.717) is 12.2 Å². The molecule has 3 aliphatic heterocycles. The maximum absolute atomic E-state index is 5.67. The molecule has 6 nitrogen and oxygen atoms in total. The summed E-state index contributed by atoms with van der Waals surface area (Å²) in [5.74, 6) is 2.69. The van der Waals surface area contributed by atoms with Crippen molar-refractivity contribution in [2.75, 3.05) is 46.7 Å². The van der Waals surface area contributed by atoms with Crippen molar-refractivity contribution in [3.8, 4) is 11.5 Å². The highest BCUT2D eigenvalue weighted by Gasteiger charge is 2.37. The molecule has 0 saturated carbocycles. The molecule has 0 aromatic heterocycles. The van der Waals surface area contributed by atoms with Gasteiger partial charge in [0, 0.05) is 45.3 Å². The summed E-state index contributed by atoms with van der Waals surface area (Å²) in [5.41, 5.74) is 1.66. The Morgan fingerprint density at radius 2 is 1.89 bits per heavy atom. The molecule has 0 spiro atoms. The topological polar surface area (TPSA) is 55.3 Å². The lowest BCUT2D eigenvalue weighted by atomic mass is 9.74. The van der Waals surface area contributed by atoms with Gasteiger partial charge in [0.25, 0.3) is 0 Å². The maximum Gasteiger partial charge on any atom is 0.231 e. The number of guanidine groups is 1. The van der Waals surface area contributed by atoms with Crippen molar-refractivity contribution in [1.29, 1.82) is 0 Å². The minimum absolute atomic E-state index is 0. The number of fused-ring (bicyclic) bond motifs is 1. The Hall–Kier alpha value is -1.22. The van der Waals surface area contributed by atoms with Gasteiger partial charge in [0.15, 0.2) is 17.5 Å². The van der Waals surface area contributed by atoms with Crippen LogP contribution in [0.2, 0.25) is 0 Å². The number of rotatable bonds is 3. The van der Waals surface area contributed by atoms with E-state index in [4.69, 9.17) is 14.2 Å². The Morgan fingerprint density at radius 1 is 1.14 bits per heavy atom. The van der Waals surface area contributed by atoms with Crippen LogP contribution in [0.5, 0.6) is 11.5 Å². The van der Waals surface area contributed by atoms with E-state index in [2.05, 4.69) is 41.2 Å². The number of nitrogens with one attached hydrogen (secondary N) is 1. The van der Waals surface area contributed by atoms with Crippen LogP contribution in [-0.4, -0.2) is 57.5 Å². The summed E-state index contributed by atoms with van der Waals surface area (Å²) in [6.45, 7) is 9.49. The molecule has 0 atom stereocenters. The van der Waals surface area contributed by atoms with Crippen molar-refractivity contribution in [3.63, 3.8) is 0 Å². The summed E-state index contributed by atoms with van der Waals surface area (Å²) >= 11 is 0. The molecule has 28 heavy (non-hydrogen) atoms. The standard InChI is InChI=1S/C21H31N3O3.HI/c1-20(2)6-9-24(14-20)19(22-3)23-13-21(7-10-25-11-8-21)16-4-5-17-18(12-16)27-15-26-17;/h4-5,12H,6-11,13-15H2,1-3H3,(H,22,23);1H. The van der Waals surface area contributed by atoms with Gasteiger partial charge < -0.3 is 24.4 Å². The van der Waals surface area contributed by atoms with Gasteiger partial charge >= 0.3 is 0 Å². The van der Waals surface area contributed by atoms with E-state index in [1.165, 1.54) is 12.0 Å². The van der Waals surface area contributed by atoms with Crippen LogP contribution >= 0.6 is 24.0 Å². The van der Waals surface area contributed by atoms with Gasteiger partial charge in [-0.25, -0.2) is 0 Å². The van der Waals surface area contributed by atoms with Gasteiger partial charge in [-0.2, -0.15) is 0 Å². The fourth-order valence-corrected chi connectivity index (χ4v) is 4.43. The average Bonchev–Trinajstić information content (AvgIpc) is 3.28. The monoisotopic (exact) mass is 501 g/mol. The van der Waals surface area contributed by atoms with E-state index in [0.717, 1.165) is 63.1 Å². The fraction of sp³-hybridized carbons (Fsp3) is 0.667. The van der Waals surface area contributed by atoms with Crippen LogP contribution in [0.25, 0.3) is 0 Å². The molecule has 0 aliphatic carbocycles. The van der Waals surface area contributed by atoms with Crippen molar-refractivity contribution in [2.24, 2.45) is 10.4 Å². The lowest BCUT2D eigenvalue weighted by Crippen LogP contribution is -2.49. The molecule has 1 aromatic carbocycles. The first-order valence-electron chi connectivity index (χ1n) is 9.95. The number of halogens is 1. The zero-order chi connectivity index (χ0) is 18.9. The van der Waals surface area contributed by atoms with E-state index in [1.807, 2.05) is 13.1 Å². The maximum atomic E-state index is 5.67. The van der Waals surface area contributed by atoms with Gasteiger partial charge in [-0.3, -0.25) is 4.99 Å². The van der Waals surface area contributed by atoms with Crippen LogP contribution < -0.4 is 14.8 Å². The van der Waals surface area contributed by atoms with E-state index >= 15 is 0 Å². The highest BCUT2D eigenvalue weighted by molar-refractivity contribution is 14.0. The number of benzene rings is 1. The largest absolute Gasteiger partial charge is 0.454 e. The molecular weight excluding hydrogens is 469 g/mol. The van der Waals surface area contributed by atoms with Gasteiger partial charge in [-0.05, 0) is 42.4 Å².